The predicted molar refractivity (Wildman–Crippen MR) is 56.6 cm³/mol. The van der Waals surface area contributed by atoms with Gasteiger partial charge in [-0.05, 0) is 5.56 Å². The number of carbonyl (C=O) groups excluding carboxylic acids is 1. The molecule has 0 aliphatic rings. The third-order valence-corrected chi connectivity index (χ3v) is 2.27. The van der Waals surface area contributed by atoms with Crippen LogP contribution in [0.25, 0.3) is 0 Å². The first-order valence-electron chi connectivity index (χ1n) is 4.65. The molecule has 1 rings (SSSR count). The van der Waals surface area contributed by atoms with Crippen molar-refractivity contribution in [1.29, 1.82) is 0 Å². The van der Waals surface area contributed by atoms with E-state index in [1.54, 1.807) is 30.3 Å². The fourth-order valence-electron chi connectivity index (χ4n) is 1.45. The molecular weight excluding hydrogens is 210 g/mol. The Kier molecular flexibility index (Phi) is 3.63. The Morgan fingerprint density at radius 3 is 2.38 bits per heavy atom. The number of hydrogen-bond donors (Lipinski definition) is 2. The summed E-state index contributed by atoms with van der Waals surface area (Å²) in [6.07, 6.45) is -0.510. The van der Waals surface area contributed by atoms with Crippen LogP contribution in [0.2, 0.25) is 0 Å². The largest absolute Gasteiger partial charge is 0.481 e. The lowest BCUT2D eigenvalue weighted by molar-refractivity contribution is -0.152. The number of carboxylic acid groups (broad SMARTS) is 1. The molecule has 0 saturated heterocycles. The quantitative estimate of drug-likeness (QED) is 0.725. The number of rotatable bonds is 4. The molecule has 0 spiro atoms. The molecule has 0 aliphatic carbocycles. The van der Waals surface area contributed by atoms with Crippen LogP contribution in [0.4, 0.5) is 0 Å². The van der Waals surface area contributed by atoms with Gasteiger partial charge in [-0.25, -0.2) is 4.79 Å². The van der Waals surface area contributed by atoms with Gasteiger partial charge in [-0.2, -0.15) is 0 Å². The third kappa shape index (κ3) is 2.38. The van der Waals surface area contributed by atoms with Crippen LogP contribution in [-0.2, 0) is 19.9 Å². The van der Waals surface area contributed by atoms with Crippen LogP contribution in [0.15, 0.2) is 30.3 Å². The van der Waals surface area contributed by atoms with Crippen LogP contribution in [0.3, 0.4) is 0 Å². The van der Waals surface area contributed by atoms with Gasteiger partial charge in [0.05, 0.1) is 13.5 Å². The maximum absolute atomic E-state index is 11.6. The molecule has 3 N–H and O–H groups in total. The van der Waals surface area contributed by atoms with E-state index in [0.717, 1.165) is 0 Å². The number of benzene rings is 1. The molecule has 0 radical (unpaired) electrons. The Balaban J connectivity index is 3.14. The van der Waals surface area contributed by atoms with Gasteiger partial charge in [-0.15, -0.1) is 0 Å². The summed E-state index contributed by atoms with van der Waals surface area (Å²) in [5, 5.41) is 8.77. The van der Waals surface area contributed by atoms with Crippen LogP contribution in [-0.4, -0.2) is 24.2 Å². The molecule has 1 unspecified atom stereocenters. The van der Waals surface area contributed by atoms with Gasteiger partial charge in [0, 0.05) is 0 Å². The van der Waals surface area contributed by atoms with Gasteiger partial charge in [0.25, 0.3) is 0 Å². The Labute approximate surface area is 92.8 Å². The number of ether oxygens (including phenoxy) is 1. The Morgan fingerprint density at radius 2 is 1.94 bits per heavy atom. The van der Waals surface area contributed by atoms with Gasteiger partial charge >= 0.3 is 11.9 Å². The molecule has 0 bridgehead atoms. The minimum absolute atomic E-state index is 0.421. The minimum atomic E-state index is -1.64. The van der Waals surface area contributed by atoms with E-state index in [1.165, 1.54) is 7.11 Å². The van der Waals surface area contributed by atoms with Gasteiger partial charge < -0.3 is 15.6 Å². The molecule has 16 heavy (non-hydrogen) atoms. The Bertz CT molecular complexity index is 390. The zero-order valence-electron chi connectivity index (χ0n) is 8.84. The van der Waals surface area contributed by atoms with Crippen molar-refractivity contribution in [3.63, 3.8) is 0 Å². The fraction of sp³-hybridized carbons (Fsp3) is 0.273. The maximum atomic E-state index is 11.6. The second kappa shape index (κ2) is 4.76. The number of methoxy groups -OCH3 is 1. The van der Waals surface area contributed by atoms with Crippen LogP contribution < -0.4 is 5.73 Å². The zero-order chi connectivity index (χ0) is 12.2. The van der Waals surface area contributed by atoms with E-state index in [2.05, 4.69) is 4.74 Å². The Hall–Kier alpha value is -1.88. The van der Waals surface area contributed by atoms with Crippen molar-refractivity contribution < 1.29 is 19.4 Å². The topological polar surface area (TPSA) is 89.6 Å². The Morgan fingerprint density at radius 1 is 1.38 bits per heavy atom. The van der Waals surface area contributed by atoms with Crippen molar-refractivity contribution in [1.82, 2.24) is 0 Å². The third-order valence-electron chi connectivity index (χ3n) is 2.27. The van der Waals surface area contributed by atoms with E-state index in [4.69, 9.17) is 10.8 Å². The summed E-state index contributed by atoms with van der Waals surface area (Å²) in [4.78, 5) is 22.3. The number of carboxylic acids is 1. The van der Waals surface area contributed by atoms with Gasteiger partial charge in [0.2, 0.25) is 0 Å². The molecule has 1 aromatic rings. The summed E-state index contributed by atoms with van der Waals surface area (Å²) < 4.78 is 4.54. The number of carbonyl (C=O) groups is 2. The lowest BCUT2D eigenvalue weighted by atomic mass is 9.88. The smallest absolute Gasteiger partial charge is 0.331 e. The molecule has 5 heteroatoms. The molecule has 0 heterocycles. The SMILES string of the molecule is COC(=O)C(N)(CC(=O)O)c1ccccc1. The van der Waals surface area contributed by atoms with Gasteiger partial charge in [0.15, 0.2) is 5.54 Å². The van der Waals surface area contributed by atoms with E-state index >= 15 is 0 Å². The molecule has 0 amide bonds. The van der Waals surface area contributed by atoms with Gasteiger partial charge in [-0.1, -0.05) is 30.3 Å². The molecule has 5 nitrogen and oxygen atoms in total. The molecule has 0 saturated carbocycles. The number of aliphatic carboxylic acids is 1. The zero-order valence-corrected chi connectivity index (χ0v) is 8.84. The normalized spacial score (nSPS) is 13.9. The van der Waals surface area contributed by atoms with Crippen molar-refractivity contribution >= 4 is 11.9 Å². The first-order chi connectivity index (χ1) is 7.50. The van der Waals surface area contributed by atoms with Crippen molar-refractivity contribution in [3.8, 4) is 0 Å². The highest BCUT2D eigenvalue weighted by molar-refractivity contribution is 5.87. The molecule has 1 aromatic carbocycles. The lowest BCUT2D eigenvalue weighted by Crippen LogP contribution is -2.47. The summed E-state index contributed by atoms with van der Waals surface area (Å²) in [7, 11) is 1.18. The van der Waals surface area contributed by atoms with Crippen molar-refractivity contribution in [2.75, 3.05) is 7.11 Å². The fourth-order valence-corrected chi connectivity index (χ4v) is 1.45. The standard InChI is InChI=1S/C11H13NO4/c1-16-10(15)11(12,7-9(13)14)8-5-3-2-4-6-8/h2-6H,7,12H2,1H3,(H,13,14). The van der Waals surface area contributed by atoms with Crippen molar-refractivity contribution in [3.05, 3.63) is 35.9 Å². The van der Waals surface area contributed by atoms with Crippen LogP contribution in [0.1, 0.15) is 12.0 Å². The van der Waals surface area contributed by atoms with E-state index < -0.39 is 23.9 Å². The summed E-state index contributed by atoms with van der Waals surface area (Å²) >= 11 is 0. The van der Waals surface area contributed by atoms with E-state index in [-0.39, 0.29) is 0 Å². The van der Waals surface area contributed by atoms with Crippen molar-refractivity contribution in [2.45, 2.75) is 12.0 Å². The molecular formula is C11H13NO4. The van der Waals surface area contributed by atoms with Gasteiger partial charge in [-0.3, -0.25) is 4.79 Å². The molecule has 0 aromatic heterocycles. The molecule has 86 valence electrons. The summed E-state index contributed by atoms with van der Waals surface area (Å²) in [5.41, 5.74) is 4.60. The van der Waals surface area contributed by atoms with E-state index in [9.17, 15) is 9.59 Å². The average Bonchev–Trinajstić information content (AvgIpc) is 2.28. The monoisotopic (exact) mass is 223 g/mol. The first-order valence-corrected chi connectivity index (χ1v) is 4.65. The number of hydrogen-bond acceptors (Lipinski definition) is 4. The summed E-state index contributed by atoms with van der Waals surface area (Å²) in [5.74, 6) is -1.92. The predicted octanol–water partition coefficient (Wildman–Crippen LogP) is 0.488. The van der Waals surface area contributed by atoms with Crippen molar-refractivity contribution in [2.24, 2.45) is 5.73 Å². The van der Waals surface area contributed by atoms with Crippen LogP contribution in [0.5, 0.6) is 0 Å². The maximum Gasteiger partial charge on any atom is 0.331 e. The summed E-state index contributed by atoms with van der Waals surface area (Å²) in [6, 6.07) is 8.31. The molecule has 0 fully saturated rings. The lowest BCUT2D eigenvalue weighted by Gasteiger charge is -2.25. The van der Waals surface area contributed by atoms with Crippen LogP contribution in [0, 0.1) is 0 Å². The number of nitrogens with two attached hydrogens (primary N) is 1. The summed E-state index contributed by atoms with van der Waals surface area (Å²) in [6.45, 7) is 0. The van der Waals surface area contributed by atoms with Crippen LogP contribution >= 0.6 is 0 Å². The average molecular weight is 223 g/mol. The van der Waals surface area contributed by atoms with E-state index in [0.29, 0.717) is 5.56 Å². The highest BCUT2D eigenvalue weighted by Gasteiger charge is 2.39. The highest BCUT2D eigenvalue weighted by atomic mass is 16.5. The highest BCUT2D eigenvalue weighted by Crippen LogP contribution is 2.23. The number of esters is 1. The first kappa shape index (κ1) is 12.2. The molecule has 0 aliphatic heterocycles. The second-order valence-electron chi connectivity index (χ2n) is 3.40. The second-order valence-corrected chi connectivity index (χ2v) is 3.40. The minimum Gasteiger partial charge on any atom is -0.481 e. The molecule has 1 atom stereocenters. The van der Waals surface area contributed by atoms with E-state index in [1.807, 2.05) is 0 Å². The van der Waals surface area contributed by atoms with Gasteiger partial charge in [0.1, 0.15) is 0 Å².